The molecule has 0 saturated heterocycles. The van der Waals surface area contributed by atoms with Crippen LogP contribution in [0.25, 0.3) is 54.7 Å². The Morgan fingerprint density at radius 1 is 0.463 bits per heavy atom. The normalized spacial score (nSPS) is 12.9. The summed E-state index contributed by atoms with van der Waals surface area (Å²) in [5.74, 6) is -0.619. The maximum absolute atomic E-state index is 13.9. The molecule has 0 saturated carbocycles. The lowest BCUT2D eigenvalue weighted by Gasteiger charge is -2.28. The highest BCUT2D eigenvalue weighted by Gasteiger charge is 2.34. The van der Waals surface area contributed by atoms with Gasteiger partial charge >= 0.3 is 0 Å². The van der Waals surface area contributed by atoms with Crippen LogP contribution >= 0.6 is 0 Å². The van der Waals surface area contributed by atoms with Crippen molar-refractivity contribution < 1.29 is 9.59 Å². The van der Waals surface area contributed by atoms with Gasteiger partial charge < -0.3 is 0 Å². The third-order valence-corrected chi connectivity index (χ3v) is 8.05. The Morgan fingerprint density at radius 2 is 1.07 bits per heavy atom. The van der Waals surface area contributed by atoms with Crippen LogP contribution < -0.4 is 4.90 Å². The zero-order chi connectivity index (χ0) is 27.5. The Morgan fingerprint density at radius 3 is 1.85 bits per heavy atom. The minimum Gasteiger partial charge on any atom is -0.268 e. The second-order valence-electron chi connectivity index (χ2n) is 10.3. The number of rotatable bonds is 3. The molecule has 0 aliphatic carbocycles. The Labute approximate surface area is 236 Å². The van der Waals surface area contributed by atoms with Crippen molar-refractivity contribution in [1.29, 1.82) is 0 Å². The molecule has 0 N–H and O–H groups in total. The predicted molar refractivity (Wildman–Crippen MR) is 165 cm³/mol. The van der Waals surface area contributed by atoms with Crippen molar-refractivity contribution >= 4 is 49.8 Å². The number of amides is 2. The molecular formula is C37H22N2O2. The van der Waals surface area contributed by atoms with Crippen LogP contribution in [-0.2, 0) is 0 Å². The number of fused-ring (bicyclic) bond motifs is 2. The van der Waals surface area contributed by atoms with Gasteiger partial charge in [0.15, 0.2) is 0 Å². The van der Waals surface area contributed by atoms with Crippen molar-refractivity contribution in [1.82, 2.24) is 4.98 Å². The lowest BCUT2D eigenvalue weighted by Crippen LogP contribution is -2.40. The summed E-state index contributed by atoms with van der Waals surface area (Å²) < 4.78 is 0. The van der Waals surface area contributed by atoms with Crippen molar-refractivity contribution in [3.05, 3.63) is 145 Å². The lowest BCUT2D eigenvalue weighted by molar-refractivity contribution is 0.0893. The van der Waals surface area contributed by atoms with Crippen LogP contribution in [0.2, 0.25) is 0 Å². The standard InChI is InChI=1S/C37H22N2O2/c40-36-32-13-7-12-31-29(28-17-19-30(34-14-5-6-21-38-34)27-11-4-3-10-26(27)28)18-20-33(35(31)32)37(41)39(36)25-16-15-23-8-1-2-9-24(23)22-25/h1-22H. The van der Waals surface area contributed by atoms with Gasteiger partial charge in [-0.3, -0.25) is 14.6 Å². The fourth-order valence-corrected chi connectivity index (χ4v) is 6.16. The monoisotopic (exact) mass is 526 g/mol. The molecule has 2 heterocycles. The molecule has 192 valence electrons. The number of carbonyl (C=O) groups excluding carboxylic acids is 2. The SMILES string of the molecule is O=C1c2cccc3c(-c4ccc(-c5ccccn5)c5ccccc45)ccc(c23)C(=O)N1c1ccc2ccccc2c1. The topological polar surface area (TPSA) is 50.3 Å². The summed E-state index contributed by atoms with van der Waals surface area (Å²) in [6, 6.07) is 41.7. The van der Waals surface area contributed by atoms with Crippen molar-refractivity contribution in [3.8, 4) is 22.4 Å². The molecule has 0 spiro atoms. The first-order valence-electron chi connectivity index (χ1n) is 13.6. The Bertz CT molecular complexity index is 2180. The van der Waals surface area contributed by atoms with E-state index in [1.165, 1.54) is 4.90 Å². The van der Waals surface area contributed by atoms with Gasteiger partial charge in [-0.25, -0.2) is 4.90 Å². The number of aromatic nitrogens is 1. The van der Waals surface area contributed by atoms with Crippen LogP contribution in [0.1, 0.15) is 20.7 Å². The van der Waals surface area contributed by atoms with Gasteiger partial charge in [0.05, 0.1) is 11.4 Å². The van der Waals surface area contributed by atoms with E-state index in [0.717, 1.165) is 49.3 Å². The summed E-state index contributed by atoms with van der Waals surface area (Å²) in [6.07, 6.45) is 1.81. The Balaban J connectivity index is 1.31. The van der Waals surface area contributed by atoms with E-state index >= 15 is 0 Å². The third-order valence-electron chi connectivity index (χ3n) is 8.05. The van der Waals surface area contributed by atoms with Crippen molar-refractivity contribution in [2.75, 3.05) is 4.90 Å². The number of benzene rings is 6. The second-order valence-corrected chi connectivity index (χ2v) is 10.3. The summed E-state index contributed by atoms with van der Waals surface area (Å²) in [5, 5.41) is 5.81. The van der Waals surface area contributed by atoms with E-state index in [0.29, 0.717) is 22.2 Å². The van der Waals surface area contributed by atoms with E-state index in [2.05, 4.69) is 29.2 Å². The first kappa shape index (κ1) is 23.3. The Hall–Kier alpha value is -5.61. The molecule has 1 aromatic heterocycles. The van der Waals surface area contributed by atoms with Crippen molar-refractivity contribution in [2.45, 2.75) is 0 Å². The van der Waals surface area contributed by atoms with Gasteiger partial charge in [0, 0.05) is 28.3 Å². The van der Waals surface area contributed by atoms with Gasteiger partial charge in [-0.1, -0.05) is 91.0 Å². The molecular weight excluding hydrogens is 504 g/mol. The summed E-state index contributed by atoms with van der Waals surface area (Å²) in [7, 11) is 0. The molecule has 0 unspecified atom stereocenters. The Kier molecular flexibility index (Phi) is 5.09. The van der Waals surface area contributed by atoms with Crippen LogP contribution in [-0.4, -0.2) is 16.8 Å². The maximum atomic E-state index is 13.9. The number of carbonyl (C=O) groups is 2. The lowest BCUT2D eigenvalue weighted by atomic mass is 9.86. The van der Waals surface area contributed by atoms with Crippen LogP contribution in [0.3, 0.4) is 0 Å². The zero-order valence-electron chi connectivity index (χ0n) is 21.9. The summed E-state index contributed by atoms with van der Waals surface area (Å²) in [4.78, 5) is 33.7. The first-order chi connectivity index (χ1) is 20.2. The van der Waals surface area contributed by atoms with Gasteiger partial charge in [-0.15, -0.1) is 0 Å². The number of nitrogens with zero attached hydrogens (tertiary/aromatic N) is 2. The largest absolute Gasteiger partial charge is 0.268 e. The predicted octanol–water partition coefficient (Wildman–Crippen LogP) is 8.68. The van der Waals surface area contributed by atoms with E-state index in [4.69, 9.17) is 0 Å². The highest BCUT2D eigenvalue weighted by molar-refractivity contribution is 6.37. The van der Waals surface area contributed by atoms with Crippen molar-refractivity contribution in [2.24, 2.45) is 0 Å². The molecule has 8 rings (SSSR count). The van der Waals surface area contributed by atoms with Gasteiger partial charge in [-0.05, 0) is 74.5 Å². The van der Waals surface area contributed by atoms with Crippen molar-refractivity contribution in [3.63, 3.8) is 0 Å². The van der Waals surface area contributed by atoms with Crippen LogP contribution in [0.4, 0.5) is 5.69 Å². The molecule has 2 amide bonds. The van der Waals surface area contributed by atoms with Gasteiger partial charge in [0.25, 0.3) is 11.8 Å². The highest BCUT2D eigenvalue weighted by Crippen LogP contribution is 2.41. The van der Waals surface area contributed by atoms with Crippen LogP contribution in [0.15, 0.2) is 134 Å². The first-order valence-corrected chi connectivity index (χ1v) is 13.6. The molecule has 41 heavy (non-hydrogen) atoms. The molecule has 7 aromatic rings. The molecule has 0 bridgehead atoms. The highest BCUT2D eigenvalue weighted by atomic mass is 16.2. The molecule has 0 atom stereocenters. The number of hydrogen-bond acceptors (Lipinski definition) is 3. The second kappa shape index (κ2) is 8.97. The average molecular weight is 527 g/mol. The maximum Gasteiger partial charge on any atom is 0.265 e. The van der Waals surface area contributed by atoms with E-state index < -0.39 is 0 Å². The van der Waals surface area contributed by atoms with E-state index in [9.17, 15) is 9.59 Å². The average Bonchev–Trinajstić information content (AvgIpc) is 3.03. The minimum absolute atomic E-state index is 0.309. The van der Waals surface area contributed by atoms with E-state index in [1.54, 1.807) is 6.20 Å². The van der Waals surface area contributed by atoms with E-state index in [-0.39, 0.29) is 11.8 Å². The van der Waals surface area contributed by atoms with Crippen LogP contribution in [0.5, 0.6) is 0 Å². The van der Waals surface area contributed by atoms with Crippen LogP contribution in [0, 0.1) is 0 Å². The third kappa shape index (κ3) is 3.51. The number of anilines is 1. The fraction of sp³-hybridized carbons (Fsp3) is 0. The van der Waals surface area contributed by atoms with E-state index in [1.807, 2.05) is 103 Å². The number of imide groups is 1. The summed E-state index contributed by atoms with van der Waals surface area (Å²) >= 11 is 0. The number of hydrogen-bond donors (Lipinski definition) is 0. The smallest absolute Gasteiger partial charge is 0.265 e. The quantitative estimate of drug-likeness (QED) is 0.216. The van der Waals surface area contributed by atoms with Gasteiger partial charge in [-0.2, -0.15) is 0 Å². The minimum atomic E-state index is -0.309. The molecule has 1 aliphatic rings. The molecule has 4 heteroatoms. The number of pyridine rings is 1. The molecule has 1 aliphatic heterocycles. The zero-order valence-corrected chi connectivity index (χ0v) is 21.9. The van der Waals surface area contributed by atoms with Gasteiger partial charge in [0.2, 0.25) is 0 Å². The molecule has 0 fully saturated rings. The fourth-order valence-electron chi connectivity index (χ4n) is 6.16. The molecule has 0 radical (unpaired) electrons. The molecule has 4 nitrogen and oxygen atoms in total. The molecule has 6 aromatic carbocycles. The van der Waals surface area contributed by atoms with Gasteiger partial charge in [0.1, 0.15) is 0 Å². The summed E-state index contributed by atoms with van der Waals surface area (Å²) in [5.41, 5.74) is 5.63. The summed E-state index contributed by atoms with van der Waals surface area (Å²) in [6.45, 7) is 0.